The number of nitrogens with one attached hydrogen (secondary N) is 1. The number of oxazole rings is 1. The molecule has 13 heteroatoms. The van der Waals surface area contributed by atoms with Crippen molar-refractivity contribution in [2.45, 2.75) is 39.0 Å². The van der Waals surface area contributed by atoms with Crippen LogP contribution in [0.1, 0.15) is 57.2 Å². The highest BCUT2D eigenvalue weighted by molar-refractivity contribution is 6.32. The lowest BCUT2D eigenvalue weighted by atomic mass is 9.94. The molecule has 0 unspecified atom stereocenters. The molecule has 5 aromatic rings. The number of carbonyl (C=O) groups excluding carboxylic acids is 1. The van der Waals surface area contributed by atoms with E-state index < -0.39 is 5.97 Å². The van der Waals surface area contributed by atoms with E-state index in [1.165, 1.54) is 0 Å². The van der Waals surface area contributed by atoms with Gasteiger partial charge in [0.05, 0.1) is 34.8 Å². The van der Waals surface area contributed by atoms with E-state index in [0.29, 0.717) is 89.2 Å². The summed E-state index contributed by atoms with van der Waals surface area (Å²) in [5.74, 6) is -1.04. The molecule has 0 spiro atoms. The third kappa shape index (κ3) is 7.58. The van der Waals surface area contributed by atoms with Gasteiger partial charge < -0.3 is 19.9 Å². The fourth-order valence-corrected chi connectivity index (χ4v) is 7.02. The number of aliphatic carboxylic acids is 1. The number of aliphatic hydroxyl groups is 1. The third-order valence-electron chi connectivity index (χ3n) is 9.63. The summed E-state index contributed by atoms with van der Waals surface area (Å²) in [5.41, 5.74) is 6.66. The maximum atomic E-state index is 13.2. The first-order chi connectivity index (χ1) is 25.1. The Bertz CT molecular complexity index is 2230. The number of halogens is 1. The molecular weight excluding hydrogens is 682 g/mol. The fraction of sp³-hybridized carbons (Fsp3) is 0.282. The first kappa shape index (κ1) is 35.0. The molecule has 5 heterocycles. The van der Waals surface area contributed by atoms with Gasteiger partial charge in [0.2, 0.25) is 5.89 Å². The van der Waals surface area contributed by atoms with E-state index in [-0.39, 0.29) is 23.6 Å². The van der Waals surface area contributed by atoms with Gasteiger partial charge in [0.25, 0.3) is 5.91 Å². The molecule has 2 atom stereocenters. The van der Waals surface area contributed by atoms with E-state index >= 15 is 0 Å². The maximum Gasteiger partial charge on any atom is 0.307 e. The Morgan fingerprint density at radius 2 is 1.88 bits per heavy atom. The summed E-state index contributed by atoms with van der Waals surface area (Å²) < 4.78 is 5.92. The quantitative estimate of drug-likeness (QED) is 0.155. The van der Waals surface area contributed by atoms with E-state index in [4.69, 9.17) is 16.0 Å². The van der Waals surface area contributed by atoms with Crippen LogP contribution in [0.4, 0.5) is 5.69 Å². The number of hydrogen-bond acceptors (Lipinski definition) is 10. The van der Waals surface area contributed by atoms with Crippen LogP contribution in [-0.4, -0.2) is 79.1 Å². The SMILES string of the molecule is Cc1c(NC(=O)c2ccc(CN3CC[C@@H](O)C3)cn2)cccc1-c1ccnc(/C=C/c2cc3nc(CN4CC[C@H](C(=O)O)C4)oc3cc2Cl)c1C#N. The van der Waals surface area contributed by atoms with Crippen molar-refractivity contribution >= 4 is 52.4 Å². The number of benzene rings is 2. The molecule has 2 aromatic carbocycles. The summed E-state index contributed by atoms with van der Waals surface area (Å²) in [5, 5.41) is 32.8. The lowest BCUT2D eigenvalue weighted by molar-refractivity contribution is -0.141. The number of rotatable bonds is 10. The summed E-state index contributed by atoms with van der Waals surface area (Å²) >= 11 is 6.63. The Morgan fingerprint density at radius 1 is 1.06 bits per heavy atom. The Balaban J connectivity index is 1.07. The van der Waals surface area contributed by atoms with Crippen molar-refractivity contribution in [1.82, 2.24) is 24.8 Å². The first-order valence-electron chi connectivity index (χ1n) is 17.0. The Labute approximate surface area is 305 Å². The zero-order chi connectivity index (χ0) is 36.4. The zero-order valence-corrected chi connectivity index (χ0v) is 29.2. The Kier molecular flexibility index (Phi) is 10.1. The lowest BCUT2D eigenvalue weighted by Crippen LogP contribution is -2.22. The number of carboxylic acids is 1. The van der Waals surface area contributed by atoms with Crippen molar-refractivity contribution in [3.8, 4) is 17.2 Å². The molecule has 0 aliphatic carbocycles. The number of likely N-dealkylation sites (tertiary alicyclic amines) is 2. The lowest BCUT2D eigenvalue weighted by Gasteiger charge is -2.15. The van der Waals surface area contributed by atoms with Crippen molar-refractivity contribution in [2.24, 2.45) is 5.92 Å². The molecule has 2 aliphatic heterocycles. The van der Waals surface area contributed by atoms with Crippen LogP contribution < -0.4 is 5.32 Å². The second kappa shape index (κ2) is 15.0. The molecular formula is C39H36ClN7O5. The molecule has 2 aliphatic rings. The number of hydrogen-bond donors (Lipinski definition) is 3. The summed E-state index contributed by atoms with van der Waals surface area (Å²) in [6.07, 6.45) is 7.90. The maximum absolute atomic E-state index is 13.2. The zero-order valence-electron chi connectivity index (χ0n) is 28.4. The van der Waals surface area contributed by atoms with E-state index in [9.17, 15) is 25.1 Å². The average Bonchev–Trinajstić information content (AvgIpc) is 3.88. The van der Waals surface area contributed by atoms with Crippen molar-refractivity contribution in [1.29, 1.82) is 5.26 Å². The monoisotopic (exact) mass is 717 g/mol. The van der Waals surface area contributed by atoms with E-state index in [2.05, 4.69) is 31.2 Å². The Hall–Kier alpha value is -5.45. The van der Waals surface area contributed by atoms with Gasteiger partial charge in [-0.2, -0.15) is 5.26 Å². The highest BCUT2D eigenvalue weighted by Gasteiger charge is 2.29. The highest BCUT2D eigenvalue weighted by atomic mass is 35.5. The van der Waals surface area contributed by atoms with Gasteiger partial charge >= 0.3 is 5.97 Å². The van der Waals surface area contributed by atoms with Crippen LogP contribution in [0, 0.1) is 24.2 Å². The second-order valence-electron chi connectivity index (χ2n) is 13.2. The van der Waals surface area contributed by atoms with Crippen LogP contribution in [0.3, 0.4) is 0 Å². The van der Waals surface area contributed by atoms with Crippen LogP contribution >= 0.6 is 11.6 Å². The summed E-state index contributed by atoms with van der Waals surface area (Å²) in [4.78, 5) is 42.2. The van der Waals surface area contributed by atoms with Crippen molar-refractivity contribution < 1.29 is 24.2 Å². The molecule has 7 rings (SSSR count). The standard InChI is InChI=1S/C39H36ClN7O5/c1-23-28(3-2-4-32(23)45-38(49)34-7-5-24(18-43-34)19-46-14-11-27(48)21-46)29-9-12-42-33(30(29)17-41)8-6-25-15-35-36(16-31(25)40)52-37(44-35)22-47-13-10-26(20-47)39(50)51/h2-9,12,15-16,18,26-27,48H,10-11,13-14,19-22H2,1H3,(H,45,49)(H,50,51)/b8-6+/t26-,27+/m0/s1. The Morgan fingerprint density at radius 3 is 2.62 bits per heavy atom. The van der Waals surface area contributed by atoms with E-state index in [1.807, 2.05) is 36.1 Å². The van der Waals surface area contributed by atoms with Crippen molar-refractivity contribution in [2.75, 3.05) is 31.5 Å². The van der Waals surface area contributed by atoms with Gasteiger partial charge in [-0.1, -0.05) is 35.9 Å². The van der Waals surface area contributed by atoms with Gasteiger partial charge in [0.1, 0.15) is 17.3 Å². The molecule has 3 N–H and O–H groups in total. The van der Waals surface area contributed by atoms with Gasteiger partial charge in [0.15, 0.2) is 5.58 Å². The predicted octanol–water partition coefficient (Wildman–Crippen LogP) is 6.01. The molecule has 0 bridgehead atoms. The summed E-state index contributed by atoms with van der Waals surface area (Å²) in [6, 6.07) is 16.7. The molecule has 0 radical (unpaired) electrons. The van der Waals surface area contributed by atoms with Gasteiger partial charge in [-0.25, -0.2) is 4.98 Å². The fourth-order valence-electron chi connectivity index (χ4n) is 6.81. The number of carbonyl (C=O) groups is 2. The molecule has 1 amide bonds. The number of aromatic nitrogens is 3. The van der Waals surface area contributed by atoms with Crippen LogP contribution in [0.2, 0.25) is 5.02 Å². The minimum atomic E-state index is -0.789. The number of amides is 1. The van der Waals surface area contributed by atoms with E-state index in [1.54, 1.807) is 48.8 Å². The van der Waals surface area contributed by atoms with Gasteiger partial charge in [-0.15, -0.1) is 0 Å². The van der Waals surface area contributed by atoms with Crippen LogP contribution in [0.15, 0.2) is 65.3 Å². The highest BCUT2D eigenvalue weighted by Crippen LogP contribution is 2.33. The largest absolute Gasteiger partial charge is 0.481 e. The molecule has 2 fully saturated rings. The van der Waals surface area contributed by atoms with Crippen molar-refractivity contribution in [3.63, 3.8) is 0 Å². The molecule has 2 saturated heterocycles. The van der Waals surface area contributed by atoms with Crippen LogP contribution in [0.25, 0.3) is 34.4 Å². The normalized spacial score (nSPS) is 18.0. The van der Waals surface area contributed by atoms with E-state index in [0.717, 1.165) is 29.7 Å². The minimum absolute atomic E-state index is 0.281. The van der Waals surface area contributed by atoms with Crippen LogP contribution in [-0.2, 0) is 17.9 Å². The molecule has 0 saturated carbocycles. The topological polar surface area (TPSA) is 169 Å². The van der Waals surface area contributed by atoms with Gasteiger partial charge in [-0.05, 0) is 78.9 Å². The number of aliphatic hydroxyl groups excluding tert-OH is 1. The number of nitriles is 1. The van der Waals surface area contributed by atoms with Crippen LogP contribution in [0.5, 0.6) is 0 Å². The van der Waals surface area contributed by atoms with Crippen molar-refractivity contribution in [3.05, 3.63) is 105 Å². The number of β-amino-alcohol motifs (C(OH)–C–C–N with tert-alkyl or cyclic N) is 1. The summed E-state index contributed by atoms with van der Waals surface area (Å²) in [6.45, 7) is 5.54. The smallest absolute Gasteiger partial charge is 0.307 e. The molecule has 52 heavy (non-hydrogen) atoms. The third-order valence-corrected chi connectivity index (χ3v) is 9.96. The first-order valence-corrected chi connectivity index (χ1v) is 17.4. The number of carboxylic acid groups (broad SMARTS) is 1. The molecule has 3 aromatic heterocycles. The van der Waals surface area contributed by atoms with Gasteiger partial charge in [-0.3, -0.25) is 29.4 Å². The number of pyridine rings is 2. The molecule has 264 valence electrons. The average molecular weight is 718 g/mol. The molecule has 12 nitrogen and oxygen atoms in total. The summed E-state index contributed by atoms with van der Waals surface area (Å²) in [7, 11) is 0. The minimum Gasteiger partial charge on any atom is -0.481 e. The van der Waals surface area contributed by atoms with Gasteiger partial charge in [0, 0.05) is 55.9 Å². The number of anilines is 1. The predicted molar refractivity (Wildman–Crippen MR) is 196 cm³/mol. The second-order valence-corrected chi connectivity index (χ2v) is 13.6. The number of nitrogens with zero attached hydrogens (tertiary/aromatic N) is 6. The number of fused-ring (bicyclic) bond motifs is 1.